The Morgan fingerprint density at radius 1 is 1.06 bits per heavy atom. The number of aromatic nitrogens is 2. The zero-order valence-electron chi connectivity index (χ0n) is 18.1. The average Bonchev–Trinajstić information content (AvgIpc) is 2.76. The van der Waals surface area contributed by atoms with E-state index in [2.05, 4.69) is 25.9 Å². The number of nitrogens with zero attached hydrogens (tertiary/aromatic N) is 2. The van der Waals surface area contributed by atoms with Crippen LogP contribution in [0, 0.1) is 0 Å². The zero-order valence-corrected chi connectivity index (χ0v) is 18.9. The van der Waals surface area contributed by atoms with E-state index < -0.39 is 0 Å². The molecule has 2 aromatic rings. The van der Waals surface area contributed by atoms with Crippen LogP contribution in [0.1, 0.15) is 32.6 Å². The zero-order chi connectivity index (χ0) is 22.4. The number of amides is 1. The average molecular weight is 450 g/mol. The Bertz CT molecular complexity index is 902. The van der Waals surface area contributed by atoms with Crippen molar-refractivity contribution in [3.8, 4) is 17.2 Å². The van der Waals surface area contributed by atoms with Crippen LogP contribution in [-0.4, -0.2) is 49.3 Å². The fourth-order valence-corrected chi connectivity index (χ4v) is 3.87. The van der Waals surface area contributed by atoms with Gasteiger partial charge in [-0.25, -0.2) is 4.98 Å². The molecule has 1 aromatic heterocycles. The standard InChI is InChI=1S/C21H28ClN5O4/c1-12(28)24-15-7-5-6-8-16(15)26-20-14(22)11-23-21(27-20)25-13-9-17(29-2)19(31-4)18(10-13)30-3/h9-11,15-16H,5-8H2,1-4H3,(H,24,28)(H2,23,25,26,27)/t15-,16-/m1/s1. The summed E-state index contributed by atoms with van der Waals surface area (Å²) in [4.78, 5) is 20.4. The van der Waals surface area contributed by atoms with Gasteiger partial charge in [-0.2, -0.15) is 4.98 Å². The highest BCUT2D eigenvalue weighted by atomic mass is 35.5. The molecule has 0 aliphatic heterocycles. The number of hydrogen-bond acceptors (Lipinski definition) is 8. The first-order valence-electron chi connectivity index (χ1n) is 10.1. The monoisotopic (exact) mass is 449 g/mol. The molecule has 10 heteroatoms. The topological polar surface area (TPSA) is 107 Å². The first-order chi connectivity index (χ1) is 14.9. The summed E-state index contributed by atoms with van der Waals surface area (Å²) in [7, 11) is 4.66. The molecular weight excluding hydrogens is 422 g/mol. The van der Waals surface area contributed by atoms with Crippen molar-refractivity contribution in [3.05, 3.63) is 23.4 Å². The second-order valence-electron chi connectivity index (χ2n) is 7.27. The maximum Gasteiger partial charge on any atom is 0.229 e. The molecule has 1 fully saturated rings. The summed E-state index contributed by atoms with van der Waals surface area (Å²) in [5, 5.41) is 9.96. The molecular formula is C21H28ClN5O4. The van der Waals surface area contributed by atoms with Gasteiger partial charge in [0.25, 0.3) is 0 Å². The molecule has 3 N–H and O–H groups in total. The lowest BCUT2D eigenvalue weighted by Crippen LogP contribution is -2.48. The van der Waals surface area contributed by atoms with E-state index in [0.717, 1.165) is 25.7 Å². The van der Waals surface area contributed by atoms with E-state index in [1.165, 1.54) is 13.1 Å². The summed E-state index contributed by atoms with van der Waals surface area (Å²) in [5.74, 6) is 2.34. The maximum absolute atomic E-state index is 11.6. The van der Waals surface area contributed by atoms with Gasteiger partial charge in [-0.05, 0) is 12.8 Å². The molecule has 1 aliphatic rings. The number of carbonyl (C=O) groups excluding carboxylic acids is 1. The molecule has 1 saturated carbocycles. The Balaban J connectivity index is 1.82. The van der Waals surface area contributed by atoms with Gasteiger partial charge in [-0.1, -0.05) is 24.4 Å². The molecule has 0 saturated heterocycles. The number of methoxy groups -OCH3 is 3. The third-order valence-electron chi connectivity index (χ3n) is 5.14. The first-order valence-corrected chi connectivity index (χ1v) is 10.5. The van der Waals surface area contributed by atoms with Crippen molar-refractivity contribution in [2.24, 2.45) is 0 Å². The van der Waals surface area contributed by atoms with Crippen molar-refractivity contribution < 1.29 is 19.0 Å². The van der Waals surface area contributed by atoms with Gasteiger partial charge in [0, 0.05) is 36.8 Å². The van der Waals surface area contributed by atoms with Gasteiger partial charge < -0.3 is 30.2 Å². The second kappa shape index (κ2) is 10.4. The number of nitrogens with one attached hydrogen (secondary N) is 3. The molecule has 1 amide bonds. The normalized spacial score (nSPS) is 18.1. The molecule has 1 aromatic carbocycles. The largest absolute Gasteiger partial charge is 0.493 e. The highest BCUT2D eigenvalue weighted by Gasteiger charge is 2.26. The fourth-order valence-electron chi connectivity index (χ4n) is 3.72. The predicted octanol–water partition coefficient (Wildman–Crippen LogP) is 3.76. The number of halogens is 1. The van der Waals surface area contributed by atoms with Gasteiger partial charge in [0.05, 0.1) is 27.5 Å². The molecule has 3 rings (SSSR count). The minimum absolute atomic E-state index is 0.0313. The summed E-state index contributed by atoms with van der Waals surface area (Å²) < 4.78 is 16.1. The number of rotatable bonds is 8. The molecule has 0 spiro atoms. The van der Waals surface area contributed by atoms with Crippen LogP contribution in [0.2, 0.25) is 5.02 Å². The lowest BCUT2D eigenvalue weighted by Gasteiger charge is -2.33. The minimum atomic E-state index is -0.0442. The number of ether oxygens (including phenoxy) is 3. The van der Waals surface area contributed by atoms with E-state index in [9.17, 15) is 4.79 Å². The van der Waals surface area contributed by atoms with E-state index in [1.54, 1.807) is 33.5 Å². The number of benzene rings is 1. The van der Waals surface area contributed by atoms with Crippen LogP contribution < -0.4 is 30.2 Å². The first kappa shape index (κ1) is 22.7. The van der Waals surface area contributed by atoms with Crippen LogP contribution in [0.15, 0.2) is 18.3 Å². The smallest absolute Gasteiger partial charge is 0.229 e. The molecule has 31 heavy (non-hydrogen) atoms. The van der Waals surface area contributed by atoms with Crippen molar-refractivity contribution in [1.82, 2.24) is 15.3 Å². The molecule has 1 aliphatic carbocycles. The SMILES string of the molecule is COc1cc(Nc2ncc(Cl)c(N[C@@H]3CCCC[C@H]3NC(C)=O)n2)cc(OC)c1OC. The third kappa shape index (κ3) is 5.61. The van der Waals surface area contributed by atoms with Crippen molar-refractivity contribution in [2.75, 3.05) is 32.0 Å². The predicted molar refractivity (Wildman–Crippen MR) is 120 cm³/mol. The molecule has 0 radical (unpaired) electrons. The Kier molecular flexibility index (Phi) is 7.62. The Labute approximate surface area is 186 Å². The molecule has 9 nitrogen and oxygen atoms in total. The molecule has 168 valence electrons. The lowest BCUT2D eigenvalue weighted by atomic mass is 9.90. The van der Waals surface area contributed by atoms with E-state index in [4.69, 9.17) is 25.8 Å². The number of carbonyl (C=O) groups is 1. The quantitative estimate of drug-likeness (QED) is 0.559. The highest BCUT2D eigenvalue weighted by molar-refractivity contribution is 6.32. The Morgan fingerprint density at radius 3 is 2.29 bits per heavy atom. The van der Waals surface area contributed by atoms with E-state index in [-0.39, 0.29) is 18.0 Å². The summed E-state index contributed by atoms with van der Waals surface area (Å²) in [6, 6.07) is 3.60. The van der Waals surface area contributed by atoms with E-state index in [1.807, 2.05) is 0 Å². The number of anilines is 3. The molecule has 0 unspecified atom stereocenters. The molecule has 1 heterocycles. The van der Waals surface area contributed by atoms with Crippen LogP contribution in [-0.2, 0) is 4.79 Å². The fraction of sp³-hybridized carbons (Fsp3) is 0.476. The van der Waals surface area contributed by atoms with Gasteiger partial charge in [-0.3, -0.25) is 4.79 Å². The van der Waals surface area contributed by atoms with Crippen molar-refractivity contribution in [2.45, 2.75) is 44.7 Å². The summed E-state index contributed by atoms with van der Waals surface area (Å²) >= 11 is 6.35. The minimum Gasteiger partial charge on any atom is -0.493 e. The van der Waals surface area contributed by atoms with Crippen LogP contribution in [0.5, 0.6) is 17.2 Å². The van der Waals surface area contributed by atoms with Gasteiger partial charge in [0.1, 0.15) is 5.02 Å². The van der Waals surface area contributed by atoms with Crippen molar-refractivity contribution in [3.63, 3.8) is 0 Å². The molecule has 0 bridgehead atoms. The van der Waals surface area contributed by atoms with Crippen LogP contribution in [0.25, 0.3) is 0 Å². The van der Waals surface area contributed by atoms with Crippen molar-refractivity contribution >= 4 is 35.0 Å². The third-order valence-corrected chi connectivity index (χ3v) is 5.42. The lowest BCUT2D eigenvalue weighted by molar-refractivity contribution is -0.119. The Hall–Kier alpha value is -2.94. The van der Waals surface area contributed by atoms with Crippen LogP contribution in [0.3, 0.4) is 0 Å². The maximum atomic E-state index is 11.6. The highest BCUT2D eigenvalue weighted by Crippen LogP contribution is 2.40. The number of hydrogen-bond donors (Lipinski definition) is 3. The summed E-state index contributed by atoms with van der Waals surface area (Å²) in [6.07, 6.45) is 5.52. The van der Waals surface area contributed by atoms with Gasteiger partial charge in [0.2, 0.25) is 17.6 Å². The van der Waals surface area contributed by atoms with Gasteiger partial charge >= 0.3 is 0 Å². The summed E-state index contributed by atoms with van der Waals surface area (Å²) in [5.41, 5.74) is 0.663. The van der Waals surface area contributed by atoms with E-state index in [0.29, 0.717) is 39.7 Å². The Morgan fingerprint density at radius 2 is 1.71 bits per heavy atom. The van der Waals surface area contributed by atoms with Gasteiger partial charge in [-0.15, -0.1) is 0 Å². The van der Waals surface area contributed by atoms with Crippen LogP contribution >= 0.6 is 11.6 Å². The second-order valence-corrected chi connectivity index (χ2v) is 7.68. The van der Waals surface area contributed by atoms with Crippen molar-refractivity contribution in [1.29, 1.82) is 0 Å². The van der Waals surface area contributed by atoms with Gasteiger partial charge in [0.15, 0.2) is 17.3 Å². The van der Waals surface area contributed by atoms with Crippen LogP contribution in [0.4, 0.5) is 17.5 Å². The van der Waals surface area contributed by atoms with E-state index >= 15 is 0 Å². The summed E-state index contributed by atoms with van der Waals surface area (Å²) in [6.45, 7) is 1.53. The molecule has 2 atom stereocenters.